The fraction of sp³-hybridized carbons (Fsp3) is 0.556. The van der Waals surface area contributed by atoms with Crippen LogP contribution < -0.4 is 14.8 Å². The maximum absolute atomic E-state index is 6.39. The Morgan fingerprint density at radius 2 is 1.78 bits per heavy atom. The van der Waals surface area contributed by atoms with E-state index in [1.54, 1.807) is 0 Å². The molecule has 172 valence electrons. The third-order valence-corrected chi connectivity index (χ3v) is 8.03. The van der Waals surface area contributed by atoms with Crippen molar-refractivity contribution in [1.29, 1.82) is 0 Å². The molecule has 2 heterocycles. The molecular formula is C27H36N2O2S. The lowest BCUT2D eigenvalue weighted by Gasteiger charge is -2.32. The zero-order chi connectivity index (χ0) is 21.6. The Morgan fingerprint density at radius 3 is 2.59 bits per heavy atom. The minimum absolute atomic E-state index is 0.159. The molecule has 1 saturated heterocycles. The molecule has 2 aliphatic heterocycles. The Morgan fingerprint density at radius 1 is 0.969 bits per heavy atom. The fourth-order valence-electron chi connectivity index (χ4n) is 5.17. The number of fused-ring (bicyclic) bond motifs is 1. The SMILES string of the molecule is c1ccc(C2CCc3cc(OC4CCC(NCCN5CCSCC5)CC4)ccc3O2)cc1. The average molecular weight is 453 g/mol. The Bertz CT molecular complexity index is 848. The van der Waals surface area contributed by atoms with Crippen molar-refractivity contribution in [2.75, 3.05) is 37.7 Å². The smallest absolute Gasteiger partial charge is 0.124 e. The van der Waals surface area contributed by atoms with E-state index in [1.165, 1.54) is 55.1 Å². The predicted molar refractivity (Wildman–Crippen MR) is 133 cm³/mol. The monoisotopic (exact) mass is 452 g/mol. The molecule has 2 aromatic carbocycles. The minimum Gasteiger partial charge on any atom is -0.490 e. The van der Waals surface area contributed by atoms with Gasteiger partial charge >= 0.3 is 0 Å². The van der Waals surface area contributed by atoms with E-state index in [9.17, 15) is 0 Å². The zero-order valence-corrected chi connectivity index (χ0v) is 19.8. The molecule has 1 aliphatic carbocycles. The molecule has 4 nitrogen and oxygen atoms in total. The van der Waals surface area contributed by atoms with Crippen molar-refractivity contribution in [2.24, 2.45) is 0 Å². The molecule has 1 atom stereocenters. The maximum Gasteiger partial charge on any atom is 0.124 e. The lowest BCUT2D eigenvalue weighted by molar-refractivity contribution is 0.137. The van der Waals surface area contributed by atoms with Gasteiger partial charge in [0.05, 0.1) is 6.10 Å². The van der Waals surface area contributed by atoms with E-state index < -0.39 is 0 Å². The van der Waals surface area contributed by atoms with Crippen molar-refractivity contribution in [3.63, 3.8) is 0 Å². The summed E-state index contributed by atoms with van der Waals surface area (Å²) in [6, 6.07) is 17.6. The largest absolute Gasteiger partial charge is 0.490 e. The molecule has 5 heteroatoms. The van der Waals surface area contributed by atoms with E-state index in [4.69, 9.17) is 9.47 Å². The Hall–Kier alpha value is -1.69. The Balaban J connectivity index is 1.06. The highest BCUT2D eigenvalue weighted by molar-refractivity contribution is 7.99. The number of hydrogen-bond donors (Lipinski definition) is 1. The highest BCUT2D eigenvalue weighted by Crippen LogP contribution is 2.37. The maximum atomic E-state index is 6.39. The van der Waals surface area contributed by atoms with Crippen LogP contribution in [-0.2, 0) is 6.42 Å². The lowest BCUT2D eigenvalue weighted by atomic mass is 9.93. The van der Waals surface area contributed by atoms with Gasteiger partial charge in [-0.3, -0.25) is 0 Å². The van der Waals surface area contributed by atoms with Crippen molar-refractivity contribution in [3.8, 4) is 11.5 Å². The molecule has 1 saturated carbocycles. The summed E-state index contributed by atoms with van der Waals surface area (Å²) in [7, 11) is 0. The summed E-state index contributed by atoms with van der Waals surface area (Å²) >= 11 is 2.08. The van der Waals surface area contributed by atoms with E-state index in [-0.39, 0.29) is 6.10 Å². The number of rotatable bonds is 7. The first-order valence-corrected chi connectivity index (χ1v) is 13.5. The molecule has 0 bridgehead atoms. The number of benzene rings is 2. The highest BCUT2D eigenvalue weighted by Gasteiger charge is 2.24. The minimum atomic E-state index is 0.159. The molecule has 0 radical (unpaired) electrons. The second-order valence-electron chi connectivity index (χ2n) is 9.33. The molecular weight excluding hydrogens is 416 g/mol. The quantitative estimate of drug-likeness (QED) is 0.633. The number of nitrogens with one attached hydrogen (secondary N) is 1. The summed E-state index contributed by atoms with van der Waals surface area (Å²) in [6.07, 6.45) is 7.27. The lowest BCUT2D eigenvalue weighted by Crippen LogP contribution is -2.42. The molecule has 32 heavy (non-hydrogen) atoms. The molecule has 3 aliphatic rings. The van der Waals surface area contributed by atoms with Gasteiger partial charge in [-0.25, -0.2) is 0 Å². The van der Waals surface area contributed by atoms with E-state index in [0.717, 1.165) is 43.7 Å². The predicted octanol–water partition coefficient (Wildman–Crippen LogP) is 5.08. The summed E-state index contributed by atoms with van der Waals surface area (Å²) in [4.78, 5) is 2.60. The number of thioether (sulfide) groups is 1. The van der Waals surface area contributed by atoms with Gasteiger partial charge in [-0.15, -0.1) is 0 Å². The van der Waals surface area contributed by atoms with Gasteiger partial charge in [0.25, 0.3) is 0 Å². The second-order valence-corrected chi connectivity index (χ2v) is 10.5. The number of aryl methyl sites for hydroxylation is 1. The molecule has 1 N–H and O–H groups in total. The van der Waals surface area contributed by atoms with Gasteiger partial charge in [-0.2, -0.15) is 11.8 Å². The average Bonchev–Trinajstić information content (AvgIpc) is 2.86. The first-order chi connectivity index (χ1) is 15.8. The van der Waals surface area contributed by atoms with Crippen LogP contribution in [0.25, 0.3) is 0 Å². The van der Waals surface area contributed by atoms with Crippen LogP contribution in [0.5, 0.6) is 11.5 Å². The highest BCUT2D eigenvalue weighted by atomic mass is 32.2. The summed E-state index contributed by atoms with van der Waals surface area (Å²) in [5.74, 6) is 4.61. The van der Waals surface area contributed by atoms with Crippen molar-refractivity contribution >= 4 is 11.8 Å². The van der Waals surface area contributed by atoms with E-state index >= 15 is 0 Å². The van der Waals surface area contributed by atoms with Gasteiger partial charge in [-0.05, 0) is 67.9 Å². The van der Waals surface area contributed by atoms with E-state index in [0.29, 0.717) is 12.1 Å². The summed E-state index contributed by atoms with van der Waals surface area (Å²) in [5, 5.41) is 3.79. The van der Waals surface area contributed by atoms with Gasteiger partial charge in [0.2, 0.25) is 0 Å². The van der Waals surface area contributed by atoms with Crippen molar-refractivity contribution in [3.05, 3.63) is 59.7 Å². The van der Waals surface area contributed by atoms with Crippen LogP contribution in [0, 0.1) is 0 Å². The summed E-state index contributed by atoms with van der Waals surface area (Å²) in [6.45, 7) is 4.83. The van der Waals surface area contributed by atoms with Gasteiger partial charge < -0.3 is 19.7 Å². The van der Waals surface area contributed by atoms with Crippen LogP contribution >= 0.6 is 11.8 Å². The number of ether oxygens (including phenoxy) is 2. The van der Waals surface area contributed by atoms with Gasteiger partial charge in [0.15, 0.2) is 0 Å². The fourth-order valence-corrected chi connectivity index (χ4v) is 6.15. The first-order valence-electron chi connectivity index (χ1n) is 12.4. The van der Waals surface area contributed by atoms with Crippen molar-refractivity contribution in [1.82, 2.24) is 10.2 Å². The third kappa shape index (κ3) is 5.81. The molecule has 1 unspecified atom stereocenters. The summed E-state index contributed by atoms with van der Waals surface area (Å²) in [5.41, 5.74) is 2.54. The normalized spacial score (nSPS) is 26.2. The van der Waals surface area contributed by atoms with Crippen LogP contribution in [0.1, 0.15) is 49.3 Å². The first kappa shape index (κ1) is 22.1. The topological polar surface area (TPSA) is 33.7 Å². The van der Waals surface area contributed by atoms with Gasteiger partial charge in [0, 0.05) is 43.7 Å². The molecule has 0 spiro atoms. The van der Waals surface area contributed by atoms with Crippen LogP contribution in [0.3, 0.4) is 0 Å². The number of nitrogens with zero attached hydrogens (tertiary/aromatic N) is 1. The molecule has 0 aromatic heterocycles. The summed E-state index contributed by atoms with van der Waals surface area (Å²) < 4.78 is 12.7. The van der Waals surface area contributed by atoms with E-state index in [2.05, 4.69) is 70.5 Å². The van der Waals surface area contributed by atoms with Crippen LogP contribution in [0.4, 0.5) is 0 Å². The molecule has 2 fully saturated rings. The van der Waals surface area contributed by atoms with Crippen LogP contribution in [-0.4, -0.2) is 54.7 Å². The molecule has 0 amide bonds. The van der Waals surface area contributed by atoms with Crippen LogP contribution in [0.15, 0.2) is 48.5 Å². The van der Waals surface area contributed by atoms with Crippen molar-refractivity contribution in [2.45, 2.75) is 56.8 Å². The van der Waals surface area contributed by atoms with Crippen LogP contribution in [0.2, 0.25) is 0 Å². The third-order valence-electron chi connectivity index (χ3n) is 7.09. The molecule has 5 rings (SSSR count). The Labute approximate surface area is 197 Å². The van der Waals surface area contributed by atoms with E-state index in [1.807, 2.05) is 0 Å². The zero-order valence-electron chi connectivity index (χ0n) is 19.0. The Kier molecular flexibility index (Phi) is 7.57. The standard InChI is InChI=1S/C27H36N2O2S/c1-2-4-21(5-3-1)26-12-6-22-20-25(11-13-27(22)31-26)30-24-9-7-23(8-10-24)28-14-15-29-16-18-32-19-17-29/h1-5,11,13,20,23-24,26,28H,6-10,12,14-19H2. The van der Waals surface area contributed by atoms with Crippen molar-refractivity contribution < 1.29 is 9.47 Å². The molecule has 2 aromatic rings. The second kappa shape index (κ2) is 11.0. The van der Waals surface area contributed by atoms with Gasteiger partial charge in [0.1, 0.15) is 17.6 Å². The number of hydrogen-bond acceptors (Lipinski definition) is 5. The van der Waals surface area contributed by atoms with Gasteiger partial charge in [-0.1, -0.05) is 30.3 Å².